The van der Waals surface area contributed by atoms with E-state index in [1.807, 2.05) is 18.2 Å². The SMILES string of the molecule is N=C(N)c1cccc(CN2CCCCCC2)c1. The predicted octanol–water partition coefficient (Wildman–Crippen LogP) is 2.35. The largest absolute Gasteiger partial charge is 0.384 e. The summed E-state index contributed by atoms with van der Waals surface area (Å²) in [5.74, 6) is 0.155. The maximum Gasteiger partial charge on any atom is 0.122 e. The van der Waals surface area contributed by atoms with Crippen molar-refractivity contribution >= 4 is 5.84 Å². The van der Waals surface area contributed by atoms with Gasteiger partial charge in [0.25, 0.3) is 0 Å². The fourth-order valence-electron chi connectivity index (χ4n) is 2.39. The molecular formula is C14H21N3. The normalized spacial score (nSPS) is 17.6. The summed E-state index contributed by atoms with van der Waals surface area (Å²) in [5, 5.41) is 7.45. The Kier molecular flexibility index (Phi) is 4.15. The minimum Gasteiger partial charge on any atom is -0.384 e. The van der Waals surface area contributed by atoms with Crippen LogP contribution in [0.25, 0.3) is 0 Å². The molecule has 2 rings (SSSR count). The van der Waals surface area contributed by atoms with E-state index < -0.39 is 0 Å². The van der Waals surface area contributed by atoms with Crippen molar-refractivity contribution in [3.05, 3.63) is 35.4 Å². The van der Waals surface area contributed by atoms with Gasteiger partial charge in [0.2, 0.25) is 0 Å². The highest BCUT2D eigenvalue weighted by Crippen LogP contribution is 2.14. The predicted molar refractivity (Wildman–Crippen MR) is 71.2 cm³/mol. The summed E-state index contributed by atoms with van der Waals surface area (Å²) in [6.07, 6.45) is 5.35. The van der Waals surface area contributed by atoms with Gasteiger partial charge in [0.05, 0.1) is 0 Å². The summed E-state index contributed by atoms with van der Waals surface area (Å²) in [5.41, 5.74) is 7.60. The Bertz CT molecular complexity index is 379. The highest BCUT2D eigenvalue weighted by Gasteiger charge is 2.09. The van der Waals surface area contributed by atoms with E-state index in [-0.39, 0.29) is 5.84 Å². The molecule has 92 valence electrons. The number of likely N-dealkylation sites (tertiary alicyclic amines) is 1. The van der Waals surface area contributed by atoms with E-state index in [4.69, 9.17) is 11.1 Å². The second-order valence-electron chi connectivity index (χ2n) is 4.80. The molecule has 3 N–H and O–H groups in total. The van der Waals surface area contributed by atoms with Crippen LogP contribution in [0, 0.1) is 5.41 Å². The second kappa shape index (κ2) is 5.82. The van der Waals surface area contributed by atoms with Gasteiger partial charge < -0.3 is 5.73 Å². The molecule has 0 aromatic heterocycles. The zero-order valence-corrected chi connectivity index (χ0v) is 10.3. The zero-order chi connectivity index (χ0) is 12.1. The molecule has 0 unspecified atom stereocenters. The fourth-order valence-corrected chi connectivity index (χ4v) is 2.39. The van der Waals surface area contributed by atoms with E-state index in [2.05, 4.69) is 11.0 Å². The Labute approximate surface area is 103 Å². The second-order valence-corrected chi connectivity index (χ2v) is 4.80. The van der Waals surface area contributed by atoms with Crippen LogP contribution in [0.4, 0.5) is 0 Å². The van der Waals surface area contributed by atoms with Crippen molar-refractivity contribution in [1.82, 2.24) is 4.90 Å². The van der Waals surface area contributed by atoms with Gasteiger partial charge >= 0.3 is 0 Å². The van der Waals surface area contributed by atoms with Crippen LogP contribution in [0.2, 0.25) is 0 Å². The van der Waals surface area contributed by atoms with Crippen molar-refractivity contribution in [2.45, 2.75) is 32.2 Å². The first kappa shape index (κ1) is 12.1. The first-order chi connectivity index (χ1) is 8.25. The van der Waals surface area contributed by atoms with Crippen molar-refractivity contribution < 1.29 is 0 Å². The Morgan fingerprint density at radius 1 is 1.18 bits per heavy atom. The minimum atomic E-state index is 0.155. The first-order valence-electron chi connectivity index (χ1n) is 6.41. The van der Waals surface area contributed by atoms with Crippen LogP contribution < -0.4 is 5.73 Å². The number of hydrogen-bond acceptors (Lipinski definition) is 2. The quantitative estimate of drug-likeness (QED) is 0.619. The van der Waals surface area contributed by atoms with Gasteiger partial charge in [-0.2, -0.15) is 0 Å². The fraction of sp³-hybridized carbons (Fsp3) is 0.500. The summed E-state index contributed by atoms with van der Waals surface area (Å²) in [6.45, 7) is 3.38. The van der Waals surface area contributed by atoms with E-state index in [1.54, 1.807) is 0 Å². The van der Waals surface area contributed by atoms with Crippen molar-refractivity contribution in [1.29, 1.82) is 5.41 Å². The Balaban J connectivity index is 2.01. The van der Waals surface area contributed by atoms with Gasteiger partial charge in [0.1, 0.15) is 5.84 Å². The van der Waals surface area contributed by atoms with Crippen LogP contribution in [0.5, 0.6) is 0 Å². The molecule has 1 aliphatic heterocycles. The molecule has 17 heavy (non-hydrogen) atoms. The van der Waals surface area contributed by atoms with Gasteiger partial charge in [-0.3, -0.25) is 10.3 Å². The topological polar surface area (TPSA) is 53.1 Å². The molecule has 0 radical (unpaired) electrons. The lowest BCUT2D eigenvalue weighted by Crippen LogP contribution is -2.24. The number of rotatable bonds is 3. The molecular weight excluding hydrogens is 210 g/mol. The van der Waals surface area contributed by atoms with Gasteiger partial charge in [-0.05, 0) is 37.6 Å². The third-order valence-electron chi connectivity index (χ3n) is 3.34. The number of hydrogen-bond donors (Lipinski definition) is 2. The number of nitrogens with two attached hydrogens (primary N) is 1. The van der Waals surface area contributed by atoms with Gasteiger partial charge in [-0.1, -0.05) is 31.0 Å². The average molecular weight is 231 g/mol. The Morgan fingerprint density at radius 2 is 1.88 bits per heavy atom. The number of nitrogen functional groups attached to an aromatic ring is 1. The number of amidine groups is 1. The highest BCUT2D eigenvalue weighted by molar-refractivity contribution is 5.95. The maximum absolute atomic E-state index is 7.45. The van der Waals surface area contributed by atoms with Gasteiger partial charge in [-0.15, -0.1) is 0 Å². The molecule has 1 aromatic rings. The number of benzene rings is 1. The van der Waals surface area contributed by atoms with E-state index >= 15 is 0 Å². The molecule has 0 atom stereocenters. The van der Waals surface area contributed by atoms with Crippen LogP contribution in [0.15, 0.2) is 24.3 Å². The van der Waals surface area contributed by atoms with Gasteiger partial charge in [0, 0.05) is 12.1 Å². The highest BCUT2D eigenvalue weighted by atomic mass is 15.1. The molecule has 0 aliphatic carbocycles. The van der Waals surface area contributed by atoms with Crippen molar-refractivity contribution in [3.63, 3.8) is 0 Å². The molecule has 0 amide bonds. The molecule has 1 aromatic carbocycles. The van der Waals surface area contributed by atoms with E-state index in [0.29, 0.717) is 0 Å². The summed E-state index contributed by atoms with van der Waals surface area (Å²) in [6, 6.07) is 8.04. The van der Waals surface area contributed by atoms with Crippen LogP contribution >= 0.6 is 0 Å². The van der Waals surface area contributed by atoms with Gasteiger partial charge in [0.15, 0.2) is 0 Å². The summed E-state index contributed by atoms with van der Waals surface area (Å²) < 4.78 is 0. The van der Waals surface area contributed by atoms with Crippen LogP contribution in [-0.4, -0.2) is 23.8 Å². The zero-order valence-electron chi connectivity index (χ0n) is 10.3. The minimum absolute atomic E-state index is 0.155. The Hall–Kier alpha value is -1.35. The summed E-state index contributed by atoms with van der Waals surface area (Å²) in [4.78, 5) is 2.51. The van der Waals surface area contributed by atoms with E-state index in [0.717, 1.165) is 12.1 Å². The summed E-state index contributed by atoms with van der Waals surface area (Å²) in [7, 11) is 0. The van der Waals surface area contributed by atoms with E-state index in [9.17, 15) is 0 Å². The molecule has 3 heteroatoms. The van der Waals surface area contributed by atoms with Crippen molar-refractivity contribution in [3.8, 4) is 0 Å². The standard InChI is InChI=1S/C14H21N3/c15-14(16)13-7-5-6-12(10-13)11-17-8-3-1-2-4-9-17/h5-7,10H,1-4,8-9,11H2,(H3,15,16). The molecule has 1 heterocycles. The molecule has 0 spiro atoms. The van der Waals surface area contributed by atoms with Gasteiger partial charge in [-0.25, -0.2) is 0 Å². The van der Waals surface area contributed by atoms with Crippen LogP contribution in [0.1, 0.15) is 36.8 Å². The third-order valence-corrected chi connectivity index (χ3v) is 3.34. The van der Waals surface area contributed by atoms with Crippen molar-refractivity contribution in [2.75, 3.05) is 13.1 Å². The molecule has 1 fully saturated rings. The average Bonchev–Trinajstić information content (AvgIpc) is 2.58. The lowest BCUT2D eigenvalue weighted by molar-refractivity contribution is 0.277. The number of nitrogens with one attached hydrogen (secondary N) is 1. The lowest BCUT2D eigenvalue weighted by Gasteiger charge is -2.20. The molecule has 0 bridgehead atoms. The lowest BCUT2D eigenvalue weighted by atomic mass is 10.1. The smallest absolute Gasteiger partial charge is 0.122 e. The summed E-state index contributed by atoms with van der Waals surface area (Å²) >= 11 is 0. The molecule has 3 nitrogen and oxygen atoms in total. The van der Waals surface area contributed by atoms with Crippen LogP contribution in [0.3, 0.4) is 0 Å². The molecule has 0 saturated carbocycles. The van der Waals surface area contributed by atoms with Crippen molar-refractivity contribution in [2.24, 2.45) is 5.73 Å². The third kappa shape index (κ3) is 3.56. The van der Waals surface area contributed by atoms with Crippen LogP contribution in [-0.2, 0) is 6.54 Å². The van der Waals surface area contributed by atoms with E-state index in [1.165, 1.54) is 44.3 Å². The maximum atomic E-state index is 7.45. The first-order valence-corrected chi connectivity index (χ1v) is 6.41. The monoisotopic (exact) mass is 231 g/mol. The molecule has 1 aliphatic rings. The Morgan fingerprint density at radius 3 is 2.53 bits per heavy atom. The number of nitrogens with zero attached hydrogens (tertiary/aromatic N) is 1. The molecule has 1 saturated heterocycles.